The van der Waals surface area contributed by atoms with Crippen LogP contribution >= 0.6 is 15.6 Å². The maximum Gasteiger partial charge on any atom is 0.472 e. The van der Waals surface area contributed by atoms with Crippen molar-refractivity contribution >= 4 is 39.5 Å². The number of rotatable bonds is 74. The van der Waals surface area contributed by atoms with Crippen molar-refractivity contribution in [1.82, 2.24) is 0 Å². The van der Waals surface area contributed by atoms with E-state index < -0.39 is 97.5 Å². The zero-order valence-electron chi connectivity index (χ0n) is 63.0. The molecule has 8 atom stereocenters. The highest BCUT2D eigenvalue weighted by atomic mass is 31.2. The number of hydrogen-bond donors (Lipinski definition) is 3. The Hall–Kier alpha value is -1.94. The first-order valence-electron chi connectivity index (χ1n) is 39.8. The highest BCUT2D eigenvalue weighted by Gasteiger charge is 2.30. The van der Waals surface area contributed by atoms with E-state index in [-0.39, 0.29) is 25.7 Å². The summed E-state index contributed by atoms with van der Waals surface area (Å²) >= 11 is 0. The molecule has 570 valence electrons. The molecule has 96 heavy (non-hydrogen) atoms. The Morgan fingerprint density at radius 3 is 0.740 bits per heavy atom. The number of ether oxygens (including phenoxy) is 4. The highest BCUT2D eigenvalue weighted by Crippen LogP contribution is 2.45. The van der Waals surface area contributed by atoms with Crippen LogP contribution in [0.5, 0.6) is 0 Å². The molecular weight excluding hydrogens is 1260 g/mol. The van der Waals surface area contributed by atoms with Gasteiger partial charge in [0.25, 0.3) is 0 Å². The molecule has 17 nitrogen and oxygen atoms in total. The number of aliphatic hydroxyl groups is 1. The van der Waals surface area contributed by atoms with Gasteiger partial charge in [-0.05, 0) is 49.4 Å². The molecule has 0 aromatic carbocycles. The monoisotopic (exact) mass is 1410 g/mol. The molecule has 0 aliphatic heterocycles. The summed E-state index contributed by atoms with van der Waals surface area (Å²) in [5.74, 6) is 0.986. The zero-order chi connectivity index (χ0) is 71.0. The number of esters is 4. The van der Waals surface area contributed by atoms with E-state index in [4.69, 9.17) is 37.0 Å². The fourth-order valence-electron chi connectivity index (χ4n) is 11.6. The molecule has 0 rings (SSSR count). The van der Waals surface area contributed by atoms with Crippen LogP contribution in [0.1, 0.15) is 389 Å². The van der Waals surface area contributed by atoms with Crippen molar-refractivity contribution < 1.29 is 80.2 Å². The van der Waals surface area contributed by atoms with Gasteiger partial charge in [0.05, 0.1) is 26.4 Å². The van der Waals surface area contributed by atoms with Crippen LogP contribution in [0.4, 0.5) is 0 Å². The van der Waals surface area contributed by atoms with E-state index in [1.807, 2.05) is 0 Å². The van der Waals surface area contributed by atoms with Gasteiger partial charge in [-0.15, -0.1) is 0 Å². The minimum absolute atomic E-state index is 0.104. The normalized spacial score (nSPS) is 15.0. The van der Waals surface area contributed by atoms with E-state index in [0.717, 1.165) is 120 Å². The molecule has 0 fully saturated rings. The molecule has 0 aliphatic rings. The summed E-state index contributed by atoms with van der Waals surface area (Å²) in [7, 11) is -9.91. The molecule has 0 bridgehead atoms. The lowest BCUT2D eigenvalue weighted by Gasteiger charge is -2.21. The minimum atomic E-state index is -4.96. The third kappa shape index (κ3) is 66.6. The van der Waals surface area contributed by atoms with Crippen LogP contribution in [0.25, 0.3) is 0 Å². The summed E-state index contributed by atoms with van der Waals surface area (Å²) in [6, 6.07) is 0. The molecule has 0 saturated carbocycles. The first-order chi connectivity index (χ1) is 46.2. The van der Waals surface area contributed by atoms with Gasteiger partial charge in [0.15, 0.2) is 12.2 Å². The predicted octanol–water partition coefficient (Wildman–Crippen LogP) is 22.4. The van der Waals surface area contributed by atoms with Gasteiger partial charge >= 0.3 is 39.5 Å². The van der Waals surface area contributed by atoms with Gasteiger partial charge in [0.2, 0.25) is 0 Å². The standard InChI is InChI=1S/C77H150O17P2/c1-9-68(6)54-46-38-30-24-20-18-16-14-12-13-15-17-19-21-25-32-41-49-57-74(79)87-63-72(93-76(81)59-51-43-33-26-22-23-29-37-45-53-67(4)5)65-91-95(83,84)89-61-71(78)62-90-96(85,86)92-66-73(64-88-75(80)58-50-42-36-35-40-48-56-70(8)11-3)94-77(82)60-52-44-34-28-27-31-39-47-55-69(7)10-2/h67-73,78H,9-66H2,1-8H3,(H,83,84)(H,85,86)/t68?,69?,70?,71-,72-,73-/m1/s1. The Morgan fingerprint density at radius 2 is 0.500 bits per heavy atom. The van der Waals surface area contributed by atoms with E-state index in [2.05, 4.69) is 55.4 Å². The maximum absolute atomic E-state index is 13.1. The Labute approximate surface area is 588 Å². The van der Waals surface area contributed by atoms with Crippen molar-refractivity contribution in [3.63, 3.8) is 0 Å². The van der Waals surface area contributed by atoms with Crippen molar-refractivity contribution in [3.05, 3.63) is 0 Å². The predicted molar refractivity (Wildman–Crippen MR) is 391 cm³/mol. The second kappa shape index (κ2) is 66.3. The number of hydrogen-bond acceptors (Lipinski definition) is 15. The lowest BCUT2D eigenvalue weighted by molar-refractivity contribution is -0.161. The molecule has 0 aliphatic carbocycles. The first-order valence-corrected chi connectivity index (χ1v) is 42.8. The zero-order valence-corrected chi connectivity index (χ0v) is 64.8. The SMILES string of the molecule is CCC(C)CCCCCCCCCCCCCCCCCCCCC(=O)OC[C@H](COP(=O)(O)OC[C@@H](O)COP(=O)(O)OC[C@@H](COC(=O)CCCCCCCCC(C)CC)OC(=O)CCCCCCCCCCC(C)CC)OC(=O)CCCCCCCCCCCC(C)C. The average Bonchev–Trinajstić information content (AvgIpc) is 2.20. The molecule has 19 heteroatoms. The summed E-state index contributed by atoms with van der Waals surface area (Å²) in [5.41, 5.74) is 0. The quantitative estimate of drug-likeness (QED) is 0.0222. The van der Waals surface area contributed by atoms with Gasteiger partial charge < -0.3 is 33.8 Å². The molecule has 3 N–H and O–H groups in total. The van der Waals surface area contributed by atoms with Crippen molar-refractivity contribution in [2.24, 2.45) is 23.7 Å². The molecular formula is C77H150O17P2. The van der Waals surface area contributed by atoms with Crippen molar-refractivity contribution in [2.75, 3.05) is 39.6 Å². The molecule has 0 aromatic heterocycles. The fourth-order valence-corrected chi connectivity index (χ4v) is 13.2. The van der Waals surface area contributed by atoms with Crippen LogP contribution in [-0.4, -0.2) is 96.7 Å². The van der Waals surface area contributed by atoms with Crippen LogP contribution in [0.15, 0.2) is 0 Å². The van der Waals surface area contributed by atoms with Gasteiger partial charge in [-0.2, -0.15) is 0 Å². The molecule has 0 spiro atoms. The number of phosphoric acid groups is 2. The van der Waals surface area contributed by atoms with Crippen LogP contribution < -0.4 is 0 Å². The van der Waals surface area contributed by atoms with Crippen LogP contribution in [0.2, 0.25) is 0 Å². The topological polar surface area (TPSA) is 237 Å². The van der Waals surface area contributed by atoms with Gasteiger partial charge in [-0.3, -0.25) is 37.3 Å². The summed E-state index contributed by atoms with van der Waals surface area (Å²) in [6.07, 6.45) is 51.5. The molecule has 0 heterocycles. The maximum atomic E-state index is 13.1. The average molecular weight is 1410 g/mol. The first kappa shape index (κ1) is 94.1. The summed E-state index contributed by atoms with van der Waals surface area (Å²) < 4.78 is 68.5. The molecule has 5 unspecified atom stereocenters. The van der Waals surface area contributed by atoms with Crippen LogP contribution in [0, 0.1) is 23.7 Å². The highest BCUT2D eigenvalue weighted by molar-refractivity contribution is 7.47. The van der Waals surface area contributed by atoms with Gasteiger partial charge in [-0.1, -0.05) is 338 Å². The number of carbonyl (C=O) groups excluding carboxylic acids is 4. The van der Waals surface area contributed by atoms with Crippen molar-refractivity contribution in [1.29, 1.82) is 0 Å². The van der Waals surface area contributed by atoms with Crippen LogP contribution in [-0.2, 0) is 65.4 Å². The molecule has 0 saturated heterocycles. The molecule has 0 amide bonds. The Bertz CT molecular complexity index is 1890. The summed E-state index contributed by atoms with van der Waals surface area (Å²) in [6.45, 7) is 14.2. The summed E-state index contributed by atoms with van der Waals surface area (Å²) in [4.78, 5) is 72.8. The van der Waals surface area contributed by atoms with Gasteiger partial charge in [0.1, 0.15) is 19.3 Å². The number of unbranched alkanes of at least 4 members (excludes halogenated alkanes) is 37. The fraction of sp³-hybridized carbons (Fsp3) is 0.948. The Balaban J connectivity index is 5.17. The number of aliphatic hydroxyl groups excluding tert-OH is 1. The van der Waals surface area contributed by atoms with E-state index in [9.17, 15) is 43.2 Å². The molecule has 0 aromatic rings. The van der Waals surface area contributed by atoms with Crippen molar-refractivity contribution in [2.45, 2.75) is 408 Å². The lowest BCUT2D eigenvalue weighted by Crippen LogP contribution is -2.30. The third-order valence-corrected chi connectivity index (χ3v) is 20.8. The van der Waals surface area contributed by atoms with Crippen LogP contribution in [0.3, 0.4) is 0 Å². The Kier molecular flexibility index (Phi) is 65.0. The minimum Gasteiger partial charge on any atom is -0.462 e. The van der Waals surface area contributed by atoms with E-state index in [0.29, 0.717) is 25.7 Å². The van der Waals surface area contributed by atoms with E-state index >= 15 is 0 Å². The van der Waals surface area contributed by atoms with Crippen molar-refractivity contribution in [3.8, 4) is 0 Å². The third-order valence-electron chi connectivity index (χ3n) is 18.9. The largest absolute Gasteiger partial charge is 0.472 e. The van der Waals surface area contributed by atoms with E-state index in [1.165, 1.54) is 186 Å². The second-order valence-electron chi connectivity index (χ2n) is 28.9. The van der Waals surface area contributed by atoms with Gasteiger partial charge in [-0.25, -0.2) is 9.13 Å². The van der Waals surface area contributed by atoms with E-state index in [1.54, 1.807) is 0 Å². The Morgan fingerprint density at radius 1 is 0.292 bits per heavy atom. The number of carbonyl (C=O) groups is 4. The smallest absolute Gasteiger partial charge is 0.462 e. The summed E-state index contributed by atoms with van der Waals surface area (Å²) in [5, 5.41) is 10.6. The van der Waals surface area contributed by atoms with Gasteiger partial charge in [0, 0.05) is 25.7 Å². The number of phosphoric ester groups is 2. The second-order valence-corrected chi connectivity index (χ2v) is 31.9. The molecule has 0 radical (unpaired) electrons. The lowest BCUT2D eigenvalue weighted by atomic mass is 9.99.